The van der Waals surface area contributed by atoms with E-state index < -0.39 is 15.6 Å². The Morgan fingerprint density at radius 3 is 2.23 bits per heavy atom. The quantitative estimate of drug-likeness (QED) is 0.906. The molecule has 0 spiro atoms. The fraction of sp³-hybridized carbons (Fsp3) is 0.647. The van der Waals surface area contributed by atoms with Gasteiger partial charge in [-0.3, -0.25) is 0 Å². The first-order chi connectivity index (χ1) is 10.2. The maximum absolute atomic E-state index is 12.5. The molecule has 0 amide bonds. The Morgan fingerprint density at radius 1 is 1.14 bits per heavy atom. The zero-order chi connectivity index (χ0) is 16.4. The number of piperidine rings is 1. The van der Waals surface area contributed by atoms with Gasteiger partial charge in [-0.15, -0.1) is 0 Å². The Kier molecular flexibility index (Phi) is 5.30. The summed E-state index contributed by atoms with van der Waals surface area (Å²) in [5.74, 6) is 1.34. The van der Waals surface area contributed by atoms with Gasteiger partial charge in [0.1, 0.15) is 0 Å². The van der Waals surface area contributed by atoms with E-state index in [0.717, 1.165) is 19.6 Å². The molecular weight excluding hydrogens is 296 g/mol. The molecule has 124 valence electrons. The minimum Gasteiger partial charge on any atom is -0.301 e. The fourth-order valence-electron chi connectivity index (χ4n) is 3.53. The monoisotopic (exact) mass is 324 g/mol. The van der Waals surface area contributed by atoms with Gasteiger partial charge >= 0.3 is 0 Å². The molecule has 2 atom stereocenters. The third-order valence-corrected chi connectivity index (χ3v) is 5.74. The SMILES string of the molecule is C[C@@H]1C[C@@H](C)CN(CC(C)(C)NS(=O)(=O)c2ccccc2)C1. The summed E-state index contributed by atoms with van der Waals surface area (Å²) in [7, 11) is -3.47. The van der Waals surface area contributed by atoms with E-state index in [1.807, 2.05) is 19.9 Å². The van der Waals surface area contributed by atoms with Crippen molar-refractivity contribution in [1.29, 1.82) is 0 Å². The lowest BCUT2D eigenvalue weighted by molar-refractivity contribution is 0.116. The zero-order valence-corrected chi connectivity index (χ0v) is 14.9. The molecule has 1 aliphatic heterocycles. The molecule has 1 saturated heterocycles. The molecule has 1 aliphatic rings. The van der Waals surface area contributed by atoms with Gasteiger partial charge in [0.15, 0.2) is 0 Å². The number of nitrogens with zero attached hydrogens (tertiary/aromatic N) is 1. The molecule has 1 aromatic carbocycles. The highest BCUT2D eigenvalue weighted by molar-refractivity contribution is 7.89. The first kappa shape index (κ1) is 17.4. The number of benzene rings is 1. The second-order valence-corrected chi connectivity index (χ2v) is 9.12. The summed E-state index contributed by atoms with van der Waals surface area (Å²) in [6.45, 7) is 11.3. The van der Waals surface area contributed by atoms with Gasteiger partial charge < -0.3 is 4.90 Å². The number of rotatable bonds is 5. The van der Waals surface area contributed by atoms with E-state index in [-0.39, 0.29) is 0 Å². The molecule has 2 rings (SSSR count). The first-order valence-corrected chi connectivity index (χ1v) is 9.48. The number of hydrogen-bond acceptors (Lipinski definition) is 3. The Hall–Kier alpha value is -0.910. The molecule has 1 heterocycles. The molecule has 0 aliphatic carbocycles. The van der Waals surface area contributed by atoms with Gasteiger partial charge in [0, 0.05) is 25.2 Å². The van der Waals surface area contributed by atoms with Crippen molar-refractivity contribution in [1.82, 2.24) is 9.62 Å². The third-order valence-electron chi connectivity index (χ3n) is 4.03. The van der Waals surface area contributed by atoms with Gasteiger partial charge in [-0.1, -0.05) is 32.0 Å². The fourth-order valence-corrected chi connectivity index (χ4v) is 4.96. The second-order valence-electron chi connectivity index (χ2n) is 7.44. The summed E-state index contributed by atoms with van der Waals surface area (Å²) in [5, 5.41) is 0. The highest BCUT2D eigenvalue weighted by atomic mass is 32.2. The first-order valence-electron chi connectivity index (χ1n) is 7.99. The summed E-state index contributed by atoms with van der Waals surface area (Å²) in [5.41, 5.74) is -0.495. The molecule has 0 saturated carbocycles. The van der Waals surface area contributed by atoms with Crippen LogP contribution in [-0.4, -0.2) is 38.5 Å². The van der Waals surface area contributed by atoms with E-state index in [9.17, 15) is 8.42 Å². The predicted octanol–water partition coefficient (Wildman–Crippen LogP) is 2.72. The summed E-state index contributed by atoms with van der Waals surface area (Å²) in [6.07, 6.45) is 1.26. The van der Waals surface area contributed by atoms with Crippen molar-refractivity contribution in [3.8, 4) is 0 Å². The van der Waals surface area contributed by atoms with Crippen molar-refractivity contribution < 1.29 is 8.42 Å². The van der Waals surface area contributed by atoms with E-state index >= 15 is 0 Å². The van der Waals surface area contributed by atoms with Crippen LogP contribution in [0.25, 0.3) is 0 Å². The van der Waals surface area contributed by atoms with Gasteiger partial charge in [-0.2, -0.15) is 0 Å². The third kappa shape index (κ3) is 4.80. The summed E-state index contributed by atoms with van der Waals surface area (Å²) < 4.78 is 27.8. The highest BCUT2D eigenvalue weighted by Gasteiger charge is 2.31. The Bertz CT molecular complexity index is 574. The molecule has 1 aromatic rings. The average molecular weight is 324 g/mol. The Balaban J connectivity index is 2.04. The lowest BCUT2D eigenvalue weighted by Gasteiger charge is -2.39. The molecule has 0 unspecified atom stereocenters. The summed E-state index contributed by atoms with van der Waals surface area (Å²) >= 11 is 0. The van der Waals surface area contributed by atoms with E-state index in [1.165, 1.54) is 6.42 Å². The van der Waals surface area contributed by atoms with E-state index in [1.54, 1.807) is 24.3 Å². The maximum atomic E-state index is 12.5. The normalized spacial score (nSPS) is 24.4. The van der Waals surface area contributed by atoms with Gasteiger partial charge in [0.2, 0.25) is 10.0 Å². The van der Waals surface area contributed by atoms with Crippen LogP contribution in [0.15, 0.2) is 35.2 Å². The minimum absolute atomic E-state index is 0.323. The molecule has 1 fully saturated rings. The molecule has 1 N–H and O–H groups in total. The lowest BCUT2D eigenvalue weighted by Crippen LogP contribution is -2.53. The molecule has 0 bridgehead atoms. The maximum Gasteiger partial charge on any atom is 0.241 e. The number of nitrogens with one attached hydrogen (secondary N) is 1. The van der Waals surface area contributed by atoms with Gasteiger partial charge in [0.25, 0.3) is 0 Å². The van der Waals surface area contributed by atoms with Gasteiger partial charge in [-0.05, 0) is 44.2 Å². The van der Waals surface area contributed by atoms with Crippen molar-refractivity contribution in [2.45, 2.75) is 44.6 Å². The number of hydrogen-bond donors (Lipinski definition) is 1. The van der Waals surface area contributed by atoms with Crippen LogP contribution < -0.4 is 4.72 Å². The van der Waals surface area contributed by atoms with E-state index in [4.69, 9.17) is 0 Å². The Morgan fingerprint density at radius 2 is 1.68 bits per heavy atom. The number of likely N-dealkylation sites (tertiary alicyclic amines) is 1. The molecule has 0 radical (unpaired) electrons. The van der Waals surface area contributed by atoms with Crippen molar-refractivity contribution in [2.75, 3.05) is 19.6 Å². The van der Waals surface area contributed by atoms with Crippen molar-refractivity contribution >= 4 is 10.0 Å². The molecule has 4 nitrogen and oxygen atoms in total. The van der Waals surface area contributed by atoms with Crippen LogP contribution >= 0.6 is 0 Å². The van der Waals surface area contributed by atoms with Crippen molar-refractivity contribution in [2.24, 2.45) is 11.8 Å². The second kappa shape index (κ2) is 6.69. The summed E-state index contributed by atoms with van der Waals surface area (Å²) in [4.78, 5) is 2.70. The minimum atomic E-state index is -3.47. The Labute approximate surface area is 135 Å². The lowest BCUT2D eigenvalue weighted by atomic mass is 9.91. The van der Waals surface area contributed by atoms with Crippen LogP contribution in [0.3, 0.4) is 0 Å². The molecule has 0 aromatic heterocycles. The summed E-state index contributed by atoms with van der Waals surface area (Å²) in [6, 6.07) is 8.57. The smallest absolute Gasteiger partial charge is 0.241 e. The average Bonchev–Trinajstić information content (AvgIpc) is 2.36. The number of sulfonamides is 1. The van der Waals surface area contributed by atoms with Gasteiger partial charge in [0.05, 0.1) is 4.90 Å². The zero-order valence-electron chi connectivity index (χ0n) is 14.0. The standard InChI is InChI=1S/C17H28N2O2S/c1-14-10-15(2)12-19(11-14)13-17(3,4)18-22(20,21)16-8-6-5-7-9-16/h5-9,14-15,18H,10-13H2,1-4H3/t14-,15-/m1/s1. The van der Waals surface area contributed by atoms with Gasteiger partial charge in [-0.25, -0.2) is 13.1 Å². The van der Waals surface area contributed by atoms with Crippen LogP contribution in [0.5, 0.6) is 0 Å². The van der Waals surface area contributed by atoms with Crippen molar-refractivity contribution in [3.63, 3.8) is 0 Å². The molecule has 5 heteroatoms. The topological polar surface area (TPSA) is 49.4 Å². The largest absolute Gasteiger partial charge is 0.301 e. The van der Waals surface area contributed by atoms with E-state index in [2.05, 4.69) is 23.5 Å². The molecule has 22 heavy (non-hydrogen) atoms. The van der Waals surface area contributed by atoms with Crippen LogP contribution in [0, 0.1) is 11.8 Å². The van der Waals surface area contributed by atoms with Crippen LogP contribution in [0.4, 0.5) is 0 Å². The van der Waals surface area contributed by atoms with Crippen LogP contribution in [0.2, 0.25) is 0 Å². The van der Waals surface area contributed by atoms with Crippen molar-refractivity contribution in [3.05, 3.63) is 30.3 Å². The molecular formula is C17H28N2O2S. The highest BCUT2D eigenvalue weighted by Crippen LogP contribution is 2.23. The predicted molar refractivity (Wildman–Crippen MR) is 90.2 cm³/mol. The van der Waals surface area contributed by atoms with Crippen LogP contribution in [-0.2, 0) is 10.0 Å². The van der Waals surface area contributed by atoms with Crippen LogP contribution in [0.1, 0.15) is 34.1 Å². The van der Waals surface area contributed by atoms with E-state index in [0.29, 0.717) is 16.7 Å².